The zero-order valence-electron chi connectivity index (χ0n) is 43.9. The normalized spacial score (nSPS) is 15.8. The maximum Gasteiger partial charge on any atom is 0.303 e. The van der Waals surface area contributed by atoms with E-state index in [9.17, 15) is 63.3 Å². The summed E-state index contributed by atoms with van der Waals surface area (Å²) in [6, 6.07) is 2.70. The number of carboxylic acid groups (broad SMARTS) is 3. The zero-order chi connectivity index (χ0) is 55.9. The molecule has 0 unspecified atom stereocenters. The molecule has 1 fully saturated rings. The number of benzene rings is 1. The summed E-state index contributed by atoms with van der Waals surface area (Å²) in [5, 5.41) is 47.1. The zero-order valence-corrected chi connectivity index (χ0v) is 45.5. The molecular formula is C53H83N5O16S2. The highest BCUT2D eigenvalue weighted by Crippen LogP contribution is 2.31. The lowest BCUT2D eigenvalue weighted by Crippen LogP contribution is -2.53. The summed E-state index contributed by atoms with van der Waals surface area (Å²) in [6.45, 7) is -0.539. The van der Waals surface area contributed by atoms with E-state index in [2.05, 4.69) is 21.3 Å². The molecule has 428 valence electrons. The first-order chi connectivity index (χ1) is 36.4. The number of amides is 5. The van der Waals surface area contributed by atoms with Crippen molar-refractivity contribution in [3.63, 3.8) is 0 Å². The van der Waals surface area contributed by atoms with Crippen molar-refractivity contribution < 1.29 is 77.8 Å². The molecular weight excluding hydrogens is 1030 g/mol. The number of phenolic OH excluding ortho intramolecular Hbond substituents is 1. The van der Waals surface area contributed by atoms with Crippen LogP contribution in [-0.2, 0) is 63.8 Å². The largest absolute Gasteiger partial charge is 0.508 e. The molecule has 76 heavy (non-hydrogen) atoms. The number of hydrogen-bond acceptors (Lipinski definition) is 15. The summed E-state index contributed by atoms with van der Waals surface area (Å²) in [5.41, 5.74) is 6.30. The summed E-state index contributed by atoms with van der Waals surface area (Å²) >= 11 is 0. The second-order valence-electron chi connectivity index (χ2n) is 19.2. The first kappa shape index (κ1) is 66.9. The number of carboxylic acids is 3. The van der Waals surface area contributed by atoms with Crippen LogP contribution in [0.5, 0.6) is 5.75 Å². The molecule has 1 aromatic rings. The molecule has 0 bridgehead atoms. The molecule has 21 nitrogen and oxygen atoms in total. The van der Waals surface area contributed by atoms with Gasteiger partial charge in [-0.05, 0) is 49.8 Å². The van der Waals surface area contributed by atoms with Gasteiger partial charge in [0.2, 0.25) is 29.5 Å². The van der Waals surface area contributed by atoms with Crippen LogP contribution in [0.3, 0.4) is 0 Å². The third-order valence-corrected chi connectivity index (χ3v) is 15.2. The number of carbonyl (C=O) groups is 10. The number of primary amides is 1. The number of ether oxygens (including phenoxy) is 2. The van der Waals surface area contributed by atoms with Gasteiger partial charge in [-0.2, -0.15) is 0 Å². The first-order valence-electron chi connectivity index (χ1n) is 26.8. The minimum atomic E-state index is -1.34. The van der Waals surface area contributed by atoms with E-state index in [1.165, 1.54) is 85.1 Å². The number of unbranched alkanes of at least 4 members (excludes halogenated alkanes) is 15. The topological polar surface area (TPSA) is 344 Å². The van der Waals surface area contributed by atoms with Crippen LogP contribution in [0, 0.1) is 11.8 Å². The van der Waals surface area contributed by atoms with Crippen LogP contribution in [0.15, 0.2) is 24.3 Å². The molecule has 5 atom stereocenters. The Bertz CT molecular complexity index is 1960. The third kappa shape index (κ3) is 33.0. The van der Waals surface area contributed by atoms with Crippen molar-refractivity contribution in [2.24, 2.45) is 17.6 Å². The van der Waals surface area contributed by atoms with E-state index in [1.54, 1.807) is 12.1 Å². The van der Waals surface area contributed by atoms with Crippen LogP contribution in [0.25, 0.3) is 0 Å². The van der Waals surface area contributed by atoms with Gasteiger partial charge in [-0.1, -0.05) is 124 Å². The maximum absolute atomic E-state index is 13.4. The van der Waals surface area contributed by atoms with Gasteiger partial charge in [-0.25, -0.2) is 0 Å². The molecule has 1 saturated heterocycles. The second kappa shape index (κ2) is 40.9. The minimum absolute atomic E-state index is 0.00235. The molecule has 0 aliphatic carbocycles. The monoisotopic (exact) mass is 1110 g/mol. The van der Waals surface area contributed by atoms with Crippen LogP contribution in [0.1, 0.15) is 160 Å². The van der Waals surface area contributed by atoms with E-state index in [0.29, 0.717) is 12.0 Å². The Kier molecular flexibility index (Phi) is 36.0. The van der Waals surface area contributed by atoms with Gasteiger partial charge >= 0.3 is 17.9 Å². The number of phenols is 1. The molecule has 1 aliphatic heterocycles. The maximum atomic E-state index is 13.4. The number of Topliss-reactive ketones (excluding diaryl/α,β-unsaturated/α-hetero) is 2. The van der Waals surface area contributed by atoms with Crippen molar-refractivity contribution in [1.82, 2.24) is 21.3 Å². The number of aliphatic carboxylic acids is 3. The summed E-state index contributed by atoms with van der Waals surface area (Å²) in [6.07, 6.45) is 16.4. The van der Waals surface area contributed by atoms with Gasteiger partial charge in [0.15, 0.2) is 5.78 Å². The first-order valence-corrected chi connectivity index (χ1v) is 29.3. The molecule has 5 amide bonds. The molecule has 2 rings (SSSR count). The van der Waals surface area contributed by atoms with Gasteiger partial charge < -0.3 is 56.9 Å². The quantitative estimate of drug-likeness (QED) is 0.0291. The summed E-state index contributed by atoms with van der Waals surface area (Å²) in [5.74, 6) is -8.12. The second-order valence-corrected chi connectivity index (χ2v) is 21.8. The average Bonchev–Trinajstić information content (AvgIpc) is 3.36. The van der Waals surface area contributed by atoms with Gasteiger partial charge in [0.1, 0.15) is 30.2 Å². The average molecular weight is 1110 g/mol. The van der Waals surface area contributed by atoms with E-state index in [0.717, 1.165) is 44.9 Å². The summed E-state index contributed by atoms with van der Waals surface area (Å²) in [4.78, 5) is 124. The Morgan fingerprint density at radius 2 is 1.09 bits per heavy atom. The molecule has 10 N–H and O–H groups in total. The molecule has 0 spiro atoms. The number of rotatable bonds is 44. The highest BCUT2D eigenvalue weighted by molar-refractivity contribution is 8.76. The standard InChI is InChI=1S/C53H83N5O16S2/c54-51(70)38(31-37-19-21-40(59)22-20-37)32-44(60)39-33-45(61)43(36-76-75-35-39)58-53(72)42(24-26-50(68)69)57-47(63)34-74-30-29-73-28-27-55-52(71)41(23-25-49(66)67)56-46(62)17-15-13-11-9-7-5-3-1-2-4-6-8-10-12-14-16-18-48(64)65/h19-22,38-39,41-43,59H,1-18,23-36H2,(H2,54,70)(H,55,71)(H,56,62)(H,57,63)(H,58,72)(H,64,65)(H,66,67)(H,68,69)/t38-,39+,41+,42+,43+/m1/s1. The Balaban J connectivity index is 1.66. The third-order valence-electron chi connectivity index (χ3n) is 12.8. The van der Waals surface area contributed by atoms with Crippen molar-refractivity contribution >= 4 is 80.6 Å². The van der Waals surface area contributed by atoms with E-state index in [-0.39, 0.29) is 107 Å². The van der Waals surface area contributed by atoms with Gasteiger partial charge in [0, 0.05) is 68.4 Å². The number of hydrogen-bond donors (Lipinski definition) is 9. The minimum Gasteiger partial charge on any atom is -0.508 e. The number of ketones is 2. The Morgan fingerprint density at radius 1 is 0.605 bits per heavy atom. The van der Waals surface area contributed by atoms with Gasteiger partial charge in [-0.3, -0.25) is 47.9 Å². The van der Waals surface area contributed by atoms with Crippen LogP contribution < -0.4 is 27.0 Å². The highest BCUT2D eigenvalue weighted by Gasteiger charge is 2.34. The molecule has 1 heterocycles. The van der Waals surface area contributed by atoms with Gasteiger partial charge in [0.05, 0.1) is 25.9 Å². The smallest absolute Gasteiger partial charge is 0.303 e. The highest BCUT2D eigenvalue weighted by atomic mass is 33.1. The lowest BCUT2D eigenvalue weighted by atomic mass is 9.87. The molecule has 23 heteroatoms. The molecule has 1 aliphatic rings. The predicted molar refractivity (Wildman–Crippen MR) is 287 cm³/mol. The van der Waals surface area contributed by atoms with E-state index in [1.807, 2.05) is 0 Å². The van der Waals surface area contributed by atoms with Crippen LogP contribution in [-0.4, -0.2) is 142 Å². The van der Waals surface area contributed by atoms with E-state index < -0.39 is 90.3 Å². The number of nitrogens with one attached hydrogen (secondary N) is 4. The summed E-state index contributed by atoms with van der Waals surface area (Å²) < 4.78 is 10.8. The van der Waals surface area contributed by atoms with Crippen LogP contribution in [0.2, 0.25) is 0 Å². The Hall–Kier alpha value is -5.26. The Labute approximate surface area is 454 Å². The fourth-order valence-electron chi connectivity index (χ4n) is 8.35. The van der Waals surface area contributed by atoms with E-state index in [4.69, 9.17) is 20.3 Å². The molecule has 0 saturated carbocycles. The Morgan fingerprint density at radius 3 is 1.63 bits per heavy atom. The fraction of sp³-hybridized carbons (Fsp3) is 0.698. The van der Waals surface area contributed by atoms with Crippen molar-refractivity contribution in [3.8, 4) is 5.75 Å². The van der Waals surface area contributed by atoms with Gasteiger partial charge in [-0.15, -0.1) is 0 Å². The lowest BCUT2D eigenvalue weighted by molar-refractivity contribution is -0.139. The molecule has 0 aromatic heterocycles. The van der Waals surface area contributed by atoms with Crippen molar-refractivity contribution in [2.45, 2.75) is 179 Å². The number of nitrogens with two attached hydrogens (primary N) is 1. The SMILES string of the molecule is NC(=O)[C@@H](CC(=O)[C@@H]1CSSC[C@H](NC(=O)[C@H](CCC(=O)O)NC(=O)COCCOCCNC(=O)[C@H](CCC(=O)O)NC(=O)CCCCCCCCCCCCCCCCCCC(=O)O)C(=O)C1)Cc1ccc(O)cc1. The van der Waals surface area contributed by atoms with Crippen molar-refractivity contribution in [1.29, 1.82) is 0 Å². The predicted octanol–water partition coefficient (Wildman–Crippen LogP) is 5.41. The van der Waals surface area contributed by atoms with Crippen molar-refractivity contribution in [3.05, 3.63) is 29.8 Å². The molecule has 1 aromatic carbocycles. The van der Waals surface area contributed by atoms with E-state index >= 15 is 0 Å². The number of aromatic hydroxyl groups is 1. The lowest BCUT2D eigenvalue weighted by Gasteiger charge is -2.26. The summed E-state index contributed by atoms with van der Waals surface area (Å²) in [7, 11) is 2.57. The van der Waals surface area contributed by atoms with Crippen LogP contribution in [0.4, 0.5) is 0 Å². The fourth-order valence-corrected chi connectivity index (χ4v) is 10.9. The molecule has 0 radical (unpaired) electrons. The number of carbonyl (C=O) groups excluding carboxylic acids is 7. The van der Waals surface area contributed by atoms with Crippen LogP contribution >= 0.6 is 21.6 Å². The van der Waals surface area contributed by atoms with Crippen molar-refractivity contribution in [2.75, 3.05) is 44.5 Å². The van der Waals surface area contributed by atoms with Gasteiger partial charge in [0.25, 0.3) is 0 Å².